The minimum Gasteiger partial charge on any atom is -0.776 e. The molecule has 1 rings (SSSR count). The van der Waals surface area contributed by atoms with Crippen molar-refractivity contribution in [2.75, 3.05) is 28.2 Å². The molecule has 2 atom stereocenters. The van der Waals surface area contributed by atoms with E-state index in [0.717, 1.165) is 0 Å². The van der Waals surface area contributed by atoms with Crippen LogP contribution in [0.15, 0.2) is 0 Å². The van der Waals surface area contributed by atoms with Crippen molar-refractivity contribution >= 4 is 53.6 Å². The van der Waals surface area contributed by atoms with Gasteiger partial charge in [-0.1, -0.05) is 8.90 Å². The molecule has 1 aliphatic rings. The second-order valence-corrected chi connectivity index (χ2v) is 6.12. The summed E-state index contributed by atoms with van der Waals surface area (Å²) in [6, 6.07) is 0. The van der Waals surface area contributed by atoms with Gasteiger partial charge in [0.05, 0.1) is 0 Å². The number of rotatable bonds is 1. The Bertz CT molecular complexity index is 177. The molecule has 2 nitrogen and oxygen atoms in total. The maximum Gasteiger partial charge on any atom is 2.00 e. The topological polar surface area (TPSA) is 6.48 Å². The zero-order chi connectivity index (χ0) is 10.6. The van der Waals surface area contributed by atoms with E-state index in [-0.39, 0.29) is 19.5 Å². The summed E-state index contributed by atoms with van der Waals surface area (Å²) in [5.41, 5.74) is 0. The predicted octanol–water partition coefficient (Wildman–Crippen LogP) is 0.871. The molecule has 1 heterocycles. The van der Waals surface area contributed by atoms with Gasteiger partial charge in [0.25, 0.3) is 0 Å². The van der Waals surface area contributed by atoms with Crippen LogP contribution in [-0.4, -0.2) is 52.3 Å². The molecule has 1 unspecified atom stereocenters. The summed E-state index contributed by atoms with van der Waals surface area (Å²) in [7, 11) is 7.78. The quantitative estimate of drug-likeness (QED) is 0.304. The fourth-order valence-electron chi connectivity index (χ4n) is 0.457. The second kappa shape index (κ2) is 8.53. The molecule has 0 spiro atoms. The normalized spacial score (nSPS) is 23.0. The third-order valence-electron chi connectivity index (χ3n) is 1.30. The summed E-state index contributed by atoms with van der Waals surface area (Å²) in [4.78, 5) is 3.87. The number of thioether (sulfide) groups is 1. The van der Waals surface area contributed by atoms with Gasteiger partial charge in [-0.05, 0) is 14.1 Å². The van der Waals surface area contributed by atoms with Gasteiger partial charge in [-0.25, -0.2) is 0 Å². The molecule has 1 aliphatic heterocycles. The summed E-state index contributed by atoms with van der Waals surface area (Å²) in [5.74, 6) is 0. The van der Waals surface area contributed by atoms with Crippen LogP contribution in [-0.2, 0) is 44.7 Å². The van der Waals surface area contributed by atoms with Gasteiger partial charge < -0.3 is 42.4 Å². The minimum absolute atomic E-state index is 0. The van der Waals surface area contributed by atoms with E-state index in [1.165, 1.54) is 0 Å². The average molecular weight is 320 g/mol. The summed E-state index contributed by atoms with van der Waals surface area (Å²) in [5, 5.41) is 0.634. The molecule has 0 amide bonds. The van der Waals surface area contributed by atoms with Crippen LogP contribution >= 0.6 is 24.0 Å². The van der Waals surface area contributed by atoms with Crippen LogP contribution in [0, 0.1) is 0 Å². The van der Waals surface area contributed by atoms with Gasteiger partial charge in [0.15, 0.2) is 0 Å². The van der Waals surface area contributed by atoms with Crippen molar-refractivity contribution in [1.29, 1.82) is 0 Å². The van der Waals surface area contributed by atoms with Gasteiger partial charge in [0.2, 0.25) is 0 Å². The summed E-state index contributed by atoms with van der Waals surface area (Å²) in [6.45, 7) is 0. The number of hydrogen-bond donors (Lipinski definition) is 0. The largest absolute Gasteiger partial charge is 2.00 e. The van der Waals surface area contributed by atoms with E-state index in [1.54, 1.807) is 4.90 Å². The van der Waals surface area contributed by atoms with E-state index >= 15 is 0 Å². The average Bonchev–Trinajstić information content (AvgIpc) is 2.67. The molecule has 0 aromatic carbocycles. The van der Waals surface area contributed by atoms with Gasteiger partial charge in [-0.2, -0.15) is 11.8 Å². The molecule has 78 valence electrons. The van der Waals surface area contributed by atoms with Gasteiger partial charge in [-0.15, -0.1) is 0 Å². The zero-order valence-corrected chi connectivity index (χ0v) is 15.1. The Balaban J connectivity index is 0. The smallest absolute Gasteiger partial charge is 0.776 e. The molecule has 0 aromatic heterocycles. The van der Waals surface area contributed by atoms with Crippen molar-refractivity contribution in [2.24, 2.45) is 0 Å². The van der Waals surface area contributed by atoms with Crippen molar-refractivity contribution in [3.05, 3.63) is 0 Å². The van der Waals surface area contributed by atoms with Crippen LogP contribution in [0.4, 0.5) is 0 Å². The molecule has 0 aliphatic carbocycles. The maximum absolute atomic E-state index is 4.95. The fraction of sp³-hybridized carbons (Fsp3) is 0.857. The minimum atomic E-state index is 0. The first kappa shape index (κ1) is 17.8. The molecule has 1 saturated heterocycles. The molecule has 1 fully saturated rings. The van der Waals surface area contributed by atoms with E-state index in [2.05, 4.69) is 43.8 Å². The van der Waals surface area contributed by atoms with E-state index in [4.69, 9.17) is 12.6 Å². The van der Waals surface area contributed by atoms with Crippen LogP contribution < -0.4 is 0 Å². The van der Waals surface area contributed by atoms with E-state index in [1.807, 2.05) is 25.9 Å². The Morgan fingerprint density at radius 2 is 1.57 bits per heavy atom. The van der Waals surface area contributed by atoms with Crippen LogP contribution in [0.25, 0.3) is 0 Å². The molecule has 0 aromatic rings. The fourth-order valence-corrected chi connectivity index (χ4v) is 1.71. The van der Waals surface area contributed by atoms with Gasteiger partial charge in [0, 0.05) is 19.5 Å². The van der Waals surface area contributed by atoms with Crippen LogP contribution in [0.5, 0.6) is 0 Å². The van der Waals surface area contributed by atoms with Crippen LogP contribution in [0.1, 0.15) is 0 Å². The first-order valence-electron chi connectivity index (χ1n) is 3.72. The van der Waals surface area contributed by atoms with Crippen molar-refractivity contribution in [3.63, 3.8) is 0 Å². The molecule has 0 N–H and O–H groups in total. The van der Waals surface area contributed by atoms with Gasteiger partial charge in [-0.3, -0.25) is 4.90 Å². The van der Waals surface area contributed by atoms with Crippen LogP contribution in [0.3, 0.4) is 0 Å². The molecule has 0 saturated carbocycles. The Hall–Kier alpha value is 1.39. The second-order valence-electron chi connectivity index (χ2n) is 3.02. The Labute approximate surface area is 120 Å². The van der Waals surface area contributed by atoms with Crippen LogP contribution in [0.2, 0.25) is 0 Å². The molecular formula is C7H14N2S4Zn. The predicted molar refractivity (Wildman–Crippen MR) is 69.9 cm³/mol. The van der Waals surface area contributed by atoms with Crippen molar-refractivity contribution in [1.82, 2.24) is 9.80 Å². The first-order chi connectivity index (χ1) is 5.86. The zero-order valence-electron chi connectivity index (χ0n) is 8.89. The molecular weight excluding hydrogens is 306 g/mol. The maximum atomic E-state index is 4.95. The third kappa shape index (κ3) is 8.68. The Kier molecular flexibility index (Phi) is 10.8. The van der Waals surface area contributed by atoms with Crippen molar-refractivity contribution in [2.45, 2.75) is 9.96 Å². The number of thiocarbonyl (C=S) groups is 1. The van der Waals surface area contributed by atoms with Crippen molar-refractivity contribution < 1.29 is 19.5 Å². The summed E-state index contributed by atoms with van der Waals surface area (Å²) >= 11 is 15.9. The molecule has 0 bridgehead atoms. The first-order valence-corrected chi connectivity index (χ1v) is 5.95. The van der Waals surface area contributed by atoms with Crippen molar-refractivity contribution in [3.8, 4) is 0 Å². The SMILES string of the molecule is CN(C)C(=S)[S-].CN(C)[C@@H]1SC1[S-].[Zn+2]. The molecule has 0 radical (unpaired) electrons. The number of hydrogen-bond acceptors (Lipinski definition) is 5. The summed E-state index contributed by atoms with van der Waals surface area (Å²) < 4.78 is 0.977. The monoisotopic (exact) mass is 318 g/mol. The Morgan fingerprint density at radius 3 is 1.57 bits per heavy atom. The Morgan fingerprint density at radius 1 is 1.29 bits per heavy atom. The van der Waals surface area contributed by atoms with Gasteiger partial charge >= 0.3 is 19.5 Å². The van der Waals surface area contributed by atoms with E-state index in [0.29, 0.717) is 14.3 Å². The molecule has 14 heavy (non-hydrogen) atoms. The van der Waals surface area contributed by atoms with E-state index < -0.39 is 0 Å². The standard InChI is InChI=1S/C4H9NS2.C3H7NS2.Zn/c1-5(2)3-4(6)7-3;1-4(2)3(5)6;/h3-4,6H,1-2H3;1-2H3,(H,5,6);/q;;+2/p-2/t3-,4?;;/m1../s1. The number of nitrogens with zero attached hydrogens (tertiary/aromatic N) is 2. The third-order valence-corrected chi connectivity index (χ3v) is 3.98. The summed E-state index contributed by atoms with van der Waals surface area (Å²) in [6.07, 6.45) is 0. The molecule has 7 heteroatoms. The van der Waals surface area contributed by atoms with E-state index in [9.17, 15) is 0 Å². The van der Waals surface area contributed by atoms with Gasteiger partial charge in [0.1, 0.15) is 0 Å².